The Bertz CT molecular complexity index is 941. The Morgan fingerprint density at radius 3 is 1.48 bits per heavy atom. The smallest absolute Gasteiger partial charge is 0.168 e. The zero-order chi connectivity index (χ0) is 18.7. The van der Waals surface area contributed by atoms with Crippen LogP contribution in [0.3, 0.4) is 0 Å². The predicted molar refractivity (Wildman–Crippen MR) is 107 cm³/mol. The number of aromatic amines is 1. The van der Waals surface area contributed by atoms with Crippen LogP contribution in [0.2, 0.25) is 0 Å². The topological polar surface area (TPSA) is 45.8 Å². The van der Waals surface area contributed by atoms with E-state index in [2.05, 4.69) is 41.4 Å². The summed E-state index contributed by atoms with van der Waals surface area (Å²) in [5, 5.41) is 0. The molecule has 0 bridgehead atoms. The molecule has 4 rings (SSSR count). The lowest BCUT2D eigenvalue weighted by atomic mass is 9.69. The third-order valence-electron chi connectivity index (χ3n) is 5.02. The molecule has 0 saturated heterocycles. The van der Waals surface area contributed by atoms with Gasteiger partial charge in [-0.25, -0.2) is 4.98 Å². The van der Waals surface area contributed by atoms with Crippen LogP contribution in [0.25, 0.3) is 0 Å². The van der Waals surface area contributed by atoms with Gasteiger partial charge < -0.3 is 4.98 Å². The number of imidazole rings is 1. The fourth-order valence-electron chi connectivity index (χ4n) is 3.74. The summed E-state index contributed by atoms with van der Waals surface area (Å²) in [6.07, 6.45) is 0.831. The lowest BCUT2D eigenvalue weighted by molar-refractivity contribution is 0.111. The van der Waals surface area contributed by atoms with Gasteiger partial charge in [0.15, 0.2) is 6.29 Å². The molecule has 0 radical (unpaired) electrons. The van der Waals surface area contributed by atoms with Crippen LogP contribution in [0.15, 0.2) is 91.0 Å². The summed E-state index contributed by atoms with van der Waals surface area (Å²) >= 11 is 0. The number of rotatable bonds is 5. The minimum Gasteiger partial charge on any atom is -0.338 e. The maximum Gasteiger partial charge on any atom is 0.168 e. The van der Waals surface area contributed by atoms with Gasteiger partial charge in [-0.05, 0) is 23.6 Å². The summed E-state index contributed by atoms with van der Waals surface area (Å²) in [5.41, 5.74) is 3.84. The largest absolute Gasteiger partial charge is 0.338 e. The van der Waals surface area contributed by atoms with Gasteiger partial charge in [0.25, 0.3) is 0 Å². The maximum absolute atomic E-state index is 11.5. The standard InChI is InChI=1S/C24H20N2O/c1-18-22(17-27)26-23(25-18)24(19-11-5-2-6-12-19,20-13-7-3-8-14-20)21-15-9-4-10-16-21/h2-17H,1H3,(H,25,26). The van der Waals surface area contributed by atoms with Crippen LogP contribution in [-0.2, 0) is 5.41 Å². The third kappa shape index (κ3) is 2.77. The quantitative estimate of drug-likeness (QED) is 0.410. The van der Waals surface area contributed by atoms with E-state index in [-0.39, 0.29) is 0 Å². The Kier molecular flexibility index (Phi) is 4.43. The fourth-order valence-corrected chi connectivity index (χ4v) is 3.74. The number of aryl methyl sites for hydroxylation is 1. The molecule has 4 aromatic rings. The van der Waals surface area contributed by atoms with E-state index in [9.17, 15) is 4.79 Å². The van der Waals surface area contributed by atoms with Crippen LogP contribution >= 0.6 is 0 Å². The van der Waals surface area contributed by atoms with E-state index in [1.165, 1.54) is 0 Å². The number of H-pyrrole nitrogens is 1. The van der Waals surface area contributed by atoms with Crippen LogP contribution in [0.5, 0.6) is 0 Å². The highest BCUT2D eigenvalue weighted by atomic mass is 16.1. The normalized spacial score (nSPS) is 11.3. The second-order valence-corrected chi connectivity index (χ2v) is 6.55. The second-order valence-electron chi connectivity index (χ2n) is 6.55. The van der Waals surface area contributed by atoms with Gasteiger partial charge in [-0.1, -0.05) is 91.0 Å². The number of aromatic nitrogens is 2. The molecule has 0 amide bonds. The van der Waals surface area contributed by atoms with Crippen molar-refractivity contribution >= 4 is 6.29 Å². The Morgan fingerprint density at radius 1 is 0.741 bits per heavy atom. The predicted octanol–water partition coefficient (Wildman–Crippen LogP) is 4.91. The van der Waals surface area contributed by atoms with E-state index in [0.29, 0.717) is 11.4 Å². The fraction of sp³-hybridized carbons (Fsp3) is 0.0833. The molecule has 1 N–H and O–H groups in total. The molecule has 1 heterocycles. The molecular weight excluding hydrogens is 332 g/mol. The lowest BCUT2D eigenvalue weighted by Crippen LogP contribution is -2.32. The maximum atomic E-state index is 11.5. The first kappa shape index (κ1) is 17.0. The molecule has 0 saturated carbocycles. The Balaban J connectivity index is 2.14. The van der Waals surface area contributed by atoms with E-state index in [1.54, 1.807) is 0 Å². The van der Waals surface area contributed by atoms with Crippen molar-refractivity contribution in [2.24, 2.45) is 0 Å². The number of carbonyl (C=O) groups is 1. The zero-order valence-electron chi connectivity index (χ0n) is 15.1. The molecule has 132 valence electrons. The number of benzene rings is 3. The molecule has 3 heteroatoms. The van der Waals surface area contributed by atoms with Crippen molar-refractivity contribution in [3.63, 3.8) is 0 Å². The molecule has 3 aromatic carbocycles. The number of hydrogen-bond acceptors (Lipinski definition) is 2. The van der Waals surface area contributed by atoms with Gasteiger partial charge in [-0.3, -0.25) is 4.79 Å². The minimum absolute atomic E-state index is 0.511. The molecule has 0 aliphatic carbocycles. The van der Waals surface area contributed by atoms with Crippen molar-refractivity contribution in [1.82, 2.24) is 9.97 Å². The van der Waals surface area contributed by atoms with Gasteiger partial charge in [0.05, 0.1) is 5.69 Å². The molecule has 0 unspecified atom stereocenters. The molecule has 0 aliphatic rings. The average molecular weight is 352 g/mol. The first-order valence-corrected chi connectivity index (χ1v) is 8.95. The molecule has 1 aromatic heterocycles. The summed E-state index contributed by atoms with van der Waals surface area (Å²) in [7, 11) is 0. The summed E-state index contributed by atoms with van der Waals surface area (Å²) in [5.74, 6) is 0.741. The molecule has 27 heavy (non-hydrogen) atoms. The highest BCUT2D eigenvalue weighted by molar-refractivity contribution is 5.74. The number of nitrogens with one attached hydrogen (secondary N) is 1. The summed E-state index contributed by atoms with van der Waals surface area (Å²) in [6.45, 7) is 1.86. The number of aldehydes is 1. The van der Waals surface area contributed by atoms with Gasteiger partial charge in [-0.15, -0.1) is 0 Å². The van der Waals surface area contributed by atoms with E-state index >= 15 is 0 Å². The van der Waals surface area contributed by atoms with Gasteiger partial charge in [0.1, 0.15) is 16.9 Å². The average Bonchev–Trinajstić information content (AvgIpc) is 3.12. The van der Waals surface area contributed by atoms with Crippen LogP contribution in [-0.4, -0.2) is 16.3 Å². The first-order valence-electron chi connectivity index (χ1n) is 8.95. The Morgan fingerprint density at radius 2 is 1.15 bits per heavy atom. The van der Waals surface area contributed by atoms with E-state index < -0.39 is 5.41 Å². The van der Waals surface area contributed by atoms with Crippen LogP contribution < -0.4 is 0 Å². The SMILES string of the molecule is Cc1nc(C(c2ccccc2)(c2ccccc2)c2ccccc2)[nH]c1C=O. The molecular formula is C24H20N2O. The van der Waals surface area contributed by atoms with Crippen molar-refractivity contribution in [2.45, 2.75) is 12.3 Å². The van der Waals surface area contributed by atoms with E-state index in [0.717, 1.165) is 28.8 Å². The van der Waals surface area contributed by atoms with Crippen LogP contribution in [0, 0.1) is 6.92 Å². The lowest BCUT2D eigenvalue weighted by Gasteiger charge is -2.34. The summed E-state index contributed by atoms with van der Waals surface area (Å²) in [4.78, 5) is 19.6. The number of hydrogen-bond donors (Lipinski definition) is 1. The third-order valence-corrected chi connectivity index (χ3v) is 5.02. The van der Waals surface area contributed by atoms with Crippen molar-refractivity contribution in [3.05, 3.63) is 125 Å². The second kappa shape index (κ2) is 7.04. The monoisotopic (exact) mass is 352 g/mol. The molecule has 0 aliphatic heterocycles. The summed E-state index contributed by atoms with van der Waals surface area (Å²) < 4.78 is 0. The molecule has 0 atom stereocenters. The Labute approximate surface area is 158 Å². The van der Waals surface area contributed by atoms with E-state index in [1.807, 2.05) is 61.5 Å². The highest BCUT2D eigenvalue weighted by Crippen LogP contribution is 2.43. The van der Waals surface area contributed by atoms with Crippen molar-refractivity contribution in [1.29, 1.82) is 0 Å². The molecule has 3 nitrogen and oxygen atoms in total. The highest BCUT2D eigenvalue weighted by Gasteiger charge is 2.41. The van der Waals surface area contributed by atoms with Crippen molar-refractivity contribution in [3.8, 4) is 0 Å². The molecule has 0 fully saturated rings. The first-order chi connectivity index (χ1) is 13.3. The summed E-state index contributed by atoms with van der Waals surface area (Å²) in [6, 6.07) is 30.9. The van der Waals surface area contributed by atoms with Crippen LogP contribution in [0.4, 0.5) is 0 Å². The number of nitrogens with zero attached hydrogens (tertiary/aromatic N) is 1. The van der Waals surface area contributed by atoms with Crippen molar-refractivity contribution in [2.75, 3.05) is 0 Å². The molecule has 0 spiro atoms. The Hall–Kier alpha value is -3.46. The van der Waals surface area contributed by atoms with Gasteiger partial charge in [-0.2, -0.15) is 0 Å². The zero-order valence-corrected chi connectivity index (χ0v) is 15.1. The van der Waals surface area contributed by atoms with Crippen LogP contribution in [0.1, 0.15) is 38.7 Å². The van der Waals surface area contributed by atoms with Gasteiger partial charge in [0.2, 0.25) is 0 Å². The van der Waals surface area contributed by atoms with E-state index in [4.69, 9.17) is 4.98 Å². The van der Waals surface area contributed by atoms with Crippen molar-refractivity contribution < 1.29 is 4.79 Å². The van der Waals surface area contributed by atoms with Gasteiger partial charge in [0, 0.05) is 0 Å². The number of carbonyl (C=O) groups excluding carboxylic acids is 1. The van der Waals surface area contributed by atoms with Gasteiger partial charge >= 0.3 is 0 Å². The minimum atomic E-state index is -0.643.